The average Bonchev–Trinajstić information content (AvgIpc) is 3.40. The van der Waals surface area contributed by atoms with E-state index in [9.17, 15) is 19.2 Å². The van der Waals surface area contributed by atoms with Crippen molar-refractivity contribution in [3.05, 3.63) is 147 Å². The second-order valence-corrected chi connectivity index (χ2v) is 19.5. The van der Waals surface area contributed by atoms with Gasteiger partial charge in [-0.25, -0.2) is 19.2 Å². The number of halogens is 5. The third-order valence-corrected chi connectivity index (χ3v) is 14.7. The van der Waals surface area contributed by atoms with Crippen LogP contribution in [0.4, 0.5) is 17.1 Å². The molecular weight excluding hydrogens is 1140 g/mol. The molecule has 3 aliphatic heterocycles. The lowest BCUT2D eigenvalue weighted by atomic mass is 10.0. The highest BCUT2D eigenvalue weighted by molar-refractivity contribution is 14.1. The Balaban J connectivity index is 0.000000186. The smallest absolute Gasteiger partial charge is 0.337 e. The molecule has 3 fully saturated rings. The Morgan fingerprint density at radius 1 is 0.562 bits per heavy atom. The van der Waals surface area contributed by atoms with Crippen LogP contribution in [-0.4, -0.2) is 122 Å². The minimum atomic E-state index is -0.957. The molecule has 5 aromatic rings. The molecule has 0 amide bonds. The van der Waals surface area contributed by atoms with Crippen LogP contribution < -0.4 is 25.2 Å². The molecule has 73 heavy (non-hydrogen) atoms. The van der Waals surface area contributed by atoms with E-state index in [0.717, 1.165) is 82.2 Å². The Labute approximate surface area is 459 Å². The molecule has 3 N–H and O–H groups in total. The predicted octanol–water partition coefficient (Wildman–Crippen LogP) is 10.6. The van der Waals surface area contributed by atoms with Gasteiger partial charge in [-0.15, -0.1) is 0 Å². The summed E-state index contributed by atoms with van der Waals surface area (Å²) < 4.78 is 31.6. The van der Waals surface area contributed by atoms with Crippen molar-refractivity contribution in [1.29, 1.82) is 0 Å². The number of rotatable bonds is 9. The van der Waals surface area contributed by atoms with Crippen LogP contribution >= 0.6 is 69.0 Å². The number of para-hydroxylation sites is 1. The maximum Gasteiger partial charge on any atom is 0.337 e. The van der Waals surface area contributed by atoms with Crippen molar-refractivity contribution in [1.82, 2.24) is 0 Å². The van der Waals surface area contributed by atoms with Gasteiger partial charge in [-0.2, -0.15) is 0 Å². The summed E-state index contributed by atoms with van der Waals surface area (Å²) in [5, 5.41) is 11.3. The van der Waals surface area contributed by atoms with Gasteiger partial charge in [0.2, 0.25) is 0 Å². The minimum absolute atomic E-state index is 0.224. The lowest BCUT2D eigenvalue weighted by Crippen LogP contribution is -2.37. The molecule has 20 heteroatoms. The number of hydrogen-bond donors (Lipinski definition) is 2. The first-order valence-corrected chi connectivity index (χ1v) is 25.7. The van der Waals surface area contributed by atoms with E-state index in [4.69, 9.17) is 80.9 Å². The van der Waals surface area contributed by atoms with Gasteiger partial charge in [0.15, 0.2) is 0 Å². The number of methoxy groups -OCH3 is 2. The summed E-state index contributed by atoms with van der Waals surface area (Å²) in [4.78, 5) is 52.6. The van der Waals surface area contributed by atoms with Crippen molar-refractivity contribution in [2.24, 2.45) is 5.73 Å². The second kappa shape index (κ2) is 28.7. The third kappa shape index (κ3) is 16.6. The number of nitrogens with two attached hydrogens (primary N) is 1. The number of ether oxygens (including phenoxy) is 6. The molecule has 3 saturated heterocycles. The third-order valence-electron chi connectivity index (χ3n) is 12.0. The minimum Gasteiger partial charge on any atom is -0.478 e. The lowest BCUT2D eigenvalue weighted by molar-refractivity contribution is -0.136. The highest BCUT2D eigenvalue weighted by Crippen LogP contribution is 2.33. The van der Waals surface area contributed by atoms with Crippen molar-refractivity contribution in [2.75, 3.05) is 108 Å². The predicted molar refractivity (Wildman–Crippen MR) is 295 cm³/mol. The van der Waals surface area contributed by atoms with E-state index in [1.54, 1.807) is 54.6 Å². The van der Waals surface area contributed by atoms with E-state index < -0.39 is 18.0 Å². The van der Waals surface area contributed by atoms with Gasteiger partial charge in [-0.3, -0.25) is 0 Å². The van der Waals surface area contributed by atoms with Crippen LogP contribution in [-0.2, 0) is 28.5 Å². The summed E-state index contributed by atoms with van der Waals surface area (Å²) in [5.41, 5.74) is 14.6. The number of carbonyl (C=O) groups excluding carboxylic acids is 3. The lowest BCUT2D eigenvalue weighted by Gasteiger charge is -2.31. The van der Waals surface area contributed by atoms with E-state index in [1.807, 2.05) is 45.9 Å². The molecule has 3 heterocycles. The number of carboxylic acids is 1. The molecule has 0 spiro atoms. The summed E-state index contributed by atoms with van der Waals surface area (Å²) in [6, 6.07) is 21.6. The molecule has 0 bridgehead atoms. The monoisotopic (exact) mass is 1190 g/mol. The number of esters is 3. The van der Waals surface area contributed by atoms with Gasteiger partial charge in [0.25, 0.3) is 0 Å². The molecular formula is C53H59Cl4IN4O11. The zero-order chi connectivity index (χ0) is 53.4. The zero-order valence-electron chi connectivity index (χ0n) is 41.4. The Morgan fingerprint density at radius 3 is 1.34 bits per heavy atom. The van der Waals surface area contributed by atoms with Crippen molar-refractivity contribution < 1.29 is 52.7 Å². The van der Waals surface area contributed by atoms with E-state index >= 15 is 0 Å². The van der Waals surface area contributed by atoms with Gasteiger partial charge < -0.3 is 54.0 Å². The summed E-state index contributed by atoms with van der Waals surface area (Å²) in [7, 11) is 2.72. The van der Waals surface area contributed by atoms with Gasteiger partial charge in [0, 0.05) is 80.0 Å². The summed E-state index contributed by atoms with van der Waals surface area (Å²) in [6.45, 7) is 16.5. The van der Waals surface area contributed by atoms with Gasteiger partial charge >= 0.3 is 23.9 Å². The van der Waals surface area contributed by atoms with Crippen molar-refractivity contribution >= 4 is 110 Å². The number of carboxylic acid groups (broad SMARTS) is 1. The molecule has 8 rings (SSSR count). The van der Waals surface area contributed by atoms with Gasteiger partial charge in [-0.05, 0) is 139 Å². The fourth-order valence-electron chi connectivity index (χ4n) is 7.64. The van der Waals surface area contributed by atoms with Crippen LogP contribution in [0, 0.1) is 31.3 Å². The van der Waals surface area contributed by atoms with Crippen LogP contribution in [0.5, 0.6) is 5.75 Å². The molecule has 15 nitrogen and oxygen atoms in total. The standard InChI is InChI=1S/C19H21ClN2O3.C13H16ClNO3.C12H14ClNO3.C9H8ClIO2/c1-13-16(20)11-14(12-17(13)22-7-9-24-10-8-22)18(21)19(23)25-15-5-3-2-4-6-15;1-9-11(14)7-10(13(16)17-2)8-12(9)15-3-5-18-6-4-15;1-8-10(13)6-9(12(15)16)7-11(8)14-2-4-17-5-3-14;1-5-7(10)3-6(4-8(5)11)9(12)13-2/h2-6,11-12,18H,7-10,21H2,1H3;7-8H,3-6H2,1-2H3;6-7H,2-5H2,1H3,(H,15,16);3-4H,1-2H3. The molecule has 1 unspecified atom stereocenters. The fraction of sp³-hybridized carbons (Fsp3) is 0.358. The maximum atomic E-state index is 12.4. The maximum absolute atomic E-state index is 12.4. The largest absolute Gasteiger partial charge is 0.478 e. The summed E-state index contributed by atoms with van der Waals surface area (Å²) in [6.07, 6.45) is 0. The summed E-state index contributed by atoms with van der Waals surface area (Å²) in [5.74, 6) is -1.73. The quantitative estimate of drug-likeness (QED) is 0.0808. The highest BCUT2D eigenvalue weighted by atomic mass is 127. The molecule has 0 radical (unpaired) electrons. The van der Waals surface area contributed by atoms with E-state index in [-0.39, 0.29) is 17.5 Å². The molecule has 1 atom stereocenters. The molecule has 0 aromatic heterocycles. The first-order valence-electron chi connectivity index (χ1n) is 23.1. The van der Waals surface area contributed by atoms with Crippen LogP contribution in [0.25, 0.3) is 0 Å². The summed E-state index contributed by atoms with van der Waals surface area (Å²) >= 11 is 26.7. The van der Waals surface area contributed by atoms with Gasteiger partial charge in [0.1, 0.15) is 11.8 Å². The number of anilines is 3. The first-order chi connectivity index (χ1) is 34.8. The number of carbonyl (C=O) groups is 4. The average molecular weight is 1200 g/mol. The van der Waals surface area contributed by atoms with E-state index in [0.29, 0.717) is 82.2 Å². The number of benzene rings is 5. The van der Waals surface area contributed by atoms with Crippen LogP contribution in [0.2, 0.25) is 20.1 Å². The SMILES string of the molecule is COC(=O)c1cc(Cl)c(C)c(I)c1.COC(=O)c1cc(Cl)c(C)c(N2CCOCC2)c1.Cc1c(Cl)cc(C(=O)O)cc1N1CCOCC1.Cc1c(Cl)cc(C(N)C(=O)Oc2ccccc2)cc1N1CCOCC1. The van der Waals surface area contributed by atoms with Gasteiger partial charge in [0.05, 0.1) is 70.6 Å². The van der Waals surface area contributed by atoms with E-state index in [1.165, 1.54) is 20.3 Å². The Bertz CT molecular complexity index is 2690. The Kier molecular flexibility index (Phi) is 23.2. The molecule has 3 aliphatic rings. The van der Waals surface area contributed by atoms with Gasteiger partial charge in [-0.1, -0.05) is 64.6 Å². The number of nitrogens with zero attached hydrogens (tertiary/aromatic N) is 3. The number of morpholine rings is 3. The highest BCUT2D eigenvalue weighted by Gasteiger charge is 2.24. The van der Waals surface area contributed by atoms with Crippen molar-refractivity contribution in [2.45, 2.75) is 33.7 Å². The first kappa shape index (κ1) is 59.0. The van der Waals surface area contributed by atoms with E-state index in [2.05, 4.69) is 42.0 Å². The number of aromatic carboxylic acids is 1. The Hall–Kier alpha value is -4.89. The fourth-order valence-corrected chi connectivity index (χ4v) is 9.29. The van der Waals surface area contributed by atoms with Crippen LogP contribution in [0.3, 0.4) is 0 Å². The second-order valence-electron chi connectivity index (χ2n) is 16.7. The van der Waals surface area contributed by atoms with Crippen molar-refractivity contribution in [3.8, 4) is 5.75 Å². The molecule has 392 valence electrons. The molecule has 5 aromatic carbocycles. The number of hydrogen-bond acceptors (Lipinski definition) is 14. The normalized spacial score (nSPS) is 14.7. The Morgan fingerprint density at radius 2 is 0.932 bits per heavy atom. The topological polar surface area (TPSA) is 180 Å². The molecule has 0 aliphatic carbocycles. The zero-order valence-corrected chi connectivity index (χ0v) is 46.6. The molecule has 0 saturated carbocycles. The van der Waals surface area contributed by atoms with Crippen LogP contribution in [0.15, 0.2) is 78.9 Å². The van der Waals surface area contributed by atoms with Crippen LogP contribution in [0.1, 0.15) is 64.9 Å². The van der Waals surface area contributed by atoms with Crippen molar-refractivity contribution in [3.63, 3.8) is 0 Å².